The molecule has 0 saturated carbocycles. The summed E-state index contributed by atoms with van der Waals surface area (Å²) in [6.07, 6.45) is 3.71. The van der Waals surface area contributed by atoms with Crippen LogP contribution in [0.2, 0.25) is 0 Å². The maximum Gasteiger partial charge on any atom is 0.150 e. The molecule has 0 unspecified atom stereocenters. The molecule has 180 valence electrons. The van der Waals surface area contributed by atoms with Crippen molar-refractivity contribution >= 4 is 18.7 Å². The summed E-state index contributed by atoms with van der Waals surface area (Å²) in [5.74, 6) is 0.769. The fourth-order valence-corrected chi connectivity index (χ4v) is 1.55. The van der Waals surface area contributed by atoms with Gasteiger partial charge in [-0.2, -0.15) is 6.21 Å². The predicted molar refractivity (Wildman–Crippen MR) is 138 cm³/mol. The van der Waals surface area contributed by atoms with Gasteiger partial charge in [-0.1, -0.05) is 60.9 Å². The van der Waals surface area contributed by atoms with E-state index in [4.69, 9.17) is 15.9 Å². The SMILES string of the molecule is C.C.C.C.CCN.CCN=Cc1ccc(C=[N-])cc1.COc1ccc(C=O)cc1.[NH2-].[Y].[Y]. The van der Waals surface area contributed by atoms with Crippen LogP contribution in [0.1, 0.15) is 65.0 Å². The topological polar surface area (TPSA) is 120 Å². The molecule has 0 atom stereocenters. The number of carbonyl (C=O) groups is 1. The molecule has 2 radical (unpaired) electrons. The number of ether oxygens (including phenoxy) is 1. The fraction of sp³-hybridized carbons (Fsp3) is 0.375. The molecule has 32 heavy (non-hydrogen) atoms. The molecule has 0 saturated heterocycles. The summed E-state index contributed by atoms with van der Waals surface area (Å²) in [5.41, 5.74) is 7.38. The second-order valence-electron chi connectivity index (χ2n) is 4.72. The van der Waals surface area contributed by atoms with Crippen LogP contribution >= 0.6 is 0 Å². The molecule has 2 rings (SSSR count). The number of methoxy groups -OCH3 is 1. The van der Waals surface area contributed by atoms with E-state index in [0.717, 1.165) is 42.5 Å². The van der Waals surface area contributed by atoms with E-state index in [2.05, 4.69) is 4.99 Å². The van der Waals surface area contributed by atoms with Crippen LogP contribution in [-0.2, 0) is 65.4 Å². The average molecular weight is 598 g/mol. The molecule has 0 fully saturated rings. The van der Waals surface area contributed by atoms with E-state index >= 15 is 0 Å². The number of benzene rings is 2. The Morgan fingerprint density at radius 1 is 0.875 bits per heavy atom. The molecule has 4 N–H and O–H groups in total. The minimum atomic E-state index is 0. The Hall–Kier alpha value is -0.622. The third-order valence-corrected chi connectivity index (χ3v) is 2.76. The minimum Gasteiger partial charge on any atom is -0.810 e. The smallest absolute Gasteiger partial charge is 0.150 e. The summed E-state index contributed by atoms with van der Waals surface area (Å²) in [6.45, 7) is 5.44. The van der Waals surface area contributed by atoms with E-state index in [9.17, 15) is 4.79 Å². The molecule has 0 aliphatic carbocycles. The van der Waals surface area contributed by atoms with Crippen LogP contribution in [0.5, 0.6) is 5.75 Å². The Bertz CT molecular complexity index is 635. The number of hydrogen-bond acceptors (Lipinski definition) is 4. The molecule has 8 heteroatoms. The molecular weight excluding hydrogens is 554 g/mol. The van der Waals surface area contributed by atoms with Gasteiger partial charge < -0.3 is 22.0 Å². The number of carbonyl (C=O) groups excluding carboxylic acids is 1. The zero-order chi connectivity index (χ0) is 18.9. The normalized spacial score (nSPS) is 7.25. The van der Waals surface area contributed by atoms with Crippen molar-refractivity contribution in [2.24, 2.45) is 10.7 Å². The Labute approximate surface area is 248 Å². The summed E-state index contributed by atoms with van der Waals surface area (Å²) in [7, 11) is 1.59. The van der Waals surface area contributed by atoms with Crippen molar-refractivity contribution < 1.29 is 74.9 Å². The summed E-state index contributed by atoms with van der Waals surface area (Å²) in [5, 5.41) is 8.65. The number of rotatable bonds is 5. The van der Waals surface area contributed by atoms with Gasteiger partial charge in [-0.15, -0.1) is 0 Å². The van der Waals surface area contributed by atoms with Crippen LogP contribution in [-0.4, -0.2) is 38.9 Å². The maximum absolute atomic E-state index is 10.2. The molecule has 6 nitrogen and oxygen atoms in total. The summed E-state index contributed by atoms with van der Waals surface area (Å²) in [4.78, 5) is 14.3. The van der Waals surface area contributed by atoms with E-state index in [1.54, 1.807) is 31.4 Å². The zero-order valence-corrected chi connectivity index (χ0v) is 22.5. The first-order chi connectivity index (χ1) is 12.1. The minimum absolute atomic E-state index is 0. The van der Waals surface area contributed by atoms with Crippen LogP contribution in [0.4, 0.5) is 0 Å². The van der Waals surface area contributed by atoms with Crippen LogP contribution < -0.4 is 10.5 Å². The molecule has 0 aromatic heterocycles. The summed E-state index contributed by atoms with van der Waals surface area (Å²) < 4.78 is 4.90. The Balaban J connectivity index is -0.0000000449. The van der Waals surface area contributed by atoms with Crippen molar-refractivity contribution in [1.82, 2.24) is 0 Å². The van der Waals surface area contributed by atoms with E-state index < -0.39 is 0 Å². The van der Waals surface area contributed by atoms with Gasteiger partial charge >= 0.3 is 0 Å². The van der Waals surface area contributed by atoms with Crippen LogP contribution in [0.3, 0.4) is 0 Å². The first-order valence-corrected chi connectivity index (χ1v) is 8.01. The van der Waals surface area contributed by atoms with Gasteiger partial charge in [-0.05, 0) is 48.9 Å². The molecule has 0 amide bonds. The van der Waals surface area contributed by atoms with Crippen molar-refractivity contribution in [3.63, 3.8) is 0 Å². The predicted octanol–water partition coefficient (Wildman–Crippen LogP) is 6.84. The first kappa shape index (κ1) is 53.0. The van der Waals surface area contributed by atoms with Crippen molar-refractivity contribution in [2.75, 3.05) is 20.2 Å². The second-order valence-corrected chi connectivity index (χ2v) is 4.72. The van der Waals surface area contributed by atoms with Crippen LogP contribution in [0, 0.1) is 0 Å². The van der Waals surface area contributed by atoms with Gasteiger partial charge in [0.1, 0.15) is 12.0 Å². The van der Waals surface area contributed by atoms with Gasteiger partial charge in [0.25, 0.3) is 0 Å². The second kappa shape index (κ2) is 37.7. The summed E-state index contributed by atoms with van der Waals surface area (Å²) in [6, 6.07) is 14.5. The van der Waals surface area contributed by atoms with Crippen LogP contribution in [0.15, 0.2) is 53.5 Å². The maximum atomic E-state index is 10.2. The first-order valence-electron chi connectivity index (χ1n) is 8.01. The van der Waals surface area contributed by atoms with Gasteiger partial charge in [0.15, 0.2) is 0 Å². The number of aliphatic imine (C=N–C) groups is 1. The zero-order valence-electron chi connectivity index (χ0n) is 16.8. The Kier molecular flexibility index (Phi) is 62.4. The Morgan fingerprint density at radius 2 is 1.25 bits per heavy atom. The quantitative estimate of drug-likeness (QED) is 0.300. The molecule has 2 aromatic carbocycles. The van der Waals surface area contributed by atoms with E-state index in [0.29, 0.717) is 5.56 Å². The van der Waals surface area contributed by atoms with Crippen LogP contribution in [0.25, 0.3) is 11.6 Å². The number of hydrogen-bond donors (Lipinski definition) is 1. The molecule has 0 aliphatic heterocycles. The molecular formula is C24H44N4O2Y2-2. The van der Waals surface area contributed by atoms with Gasteiger partial charge in [0.2, 0.25) is 0 Å². The van der Waals surface area contributed by atoms with Gasteiger partial charge in [0.05, 0.1) is 7.11 Å². The van der Waals surface area contributed by atoms with Crippen molar-refractivity contribution in [3.05, 3.63) is 76.8 Å². The number of nitrogens with zero attached hydrogens (tertiary/aromatic N) is 2. The van der Waals surface area contributed by atoms with Gasteiger partial charge in [-0.3, -0.25) is 9.79 Å². The largest absolute Gasteiger partial charge is 0.810 e. The molecule has 0 aliphatic rings. The van der Waals surface area contributed by atoms with Crippen molar-refractivity contribution in [3.8, 4) is 5.75 Å². The number of aldehydes is 1. The Morgan fingerprint density at radius 3 is 1.56 bits per heavy atom. The monoisotopic (exact) mass is 598 g/mol. The molecule has 0 heterocycles. The third kappa shape index (κ3) is 27.4. The third-order valence-electron chi connectivity index (χ3n) is 2.76. The van der Waals surface area contributed by atoms with E-state index in [1.807, 2.05) is 44.3 Å². The van der Waals surface area contributed by atoms with Crippen molar-refractivity contribution in [1.29, 1.82) is 0 Å². The molecule has 2 aromatic rings. The molecule has 0 spiro atoms. The fourth-order valence-electron chi connectivity index (χ4n) is 1.55. The average Bonchev–Trinajstić information content (AvgIpc) is 2.68. The molecule has 0 bridgehead atoms. The van der Waals surface area contributed by atoms with Gasteiger partial charge in [0, 0.05) is 83.7 Å². The number of nitrogens with two attached hydrogens (primary N) is 2. The van der Waals surface area contributed by atoms with Crippen molar-refractivity contribution in [2.45, 2.75) is 43.6 Å². The van der Waals surface area contributed by atoms with Gasteiger partial charge in [-0.25, -0.2) is 0 Å². The van der Waals surface area contributed by atoms with E-state index in [1.165, 1.54) is 0 Å². The standard InChI is InChI=1S/C10H11N2.C8H8O2.C2H7N.4CH4.H2N.2Y/c1-2-12-8-10-5-3-9(7-11)4-6-10;1-10-8-4-2-7(6-9)3-5-8;1-2-3;;;;;;;/h3-8H,2H2,1H3;2-6H,1H3;2-3H2,1H3;4*1H4;1H2;;/q-1;;;;;;;-1;;. The van der Waals surface area contributed by atoms with E-state index in [-0.39, 0.29) is 101 Å². The summed E-state index contributed by atoms with van der Waals surface area (Å²) >= 11 is 0.